The van der Waals surface area contributed by atoms with Crippen molar-refractivity contribution in [3.8, 4) is 6.07 Å². The van der Waals surface area contributed by atoms with E-state index in [-0.39, 0.29) is 11.8 Å². The van der Waals surface area contributed by atoms with Gasteiger partial charge in [-0.25, -0.2) is 0 Å². The molecule has 1 N–H and O–H groups in total. The summed E-state index contributed by atoms with van der Waals surface area (Å²) < 4.78 is 0. The molecule has 90 valence electrons. The van der Waals surface area contributed by atoms with E-state index in [4.69, 9.17) is 5.26 Å². The van der Waals surface area contributed by atoms with Crippen LogP contribution >= 0.6 is 0 Å². The smallest absolute Gasteiger partial charge is 0.241 e. The Morgan fingerprint density at radius 3 is 2.53 bits per heavy atom. The molecule has 1 rings (SSSR count). The first-order valence-electron chi connectivity index (χ1n) is 5.73. The number of nitrogens with one attached hydrogen (secondary N) is 1. The molecular weight excluding hydrogens is 212 g/mol. The van der Waals surface area contributed by atoms with Crippen LogP contribution in [0.2, 0.25) is 0 Å². The molecule has 0 spiro atoms. The van der Waals surface area contributed by atoms with E-state index in [9.17, 15) is 4.79 Å². The zero-order valence-electron chi connectivity index (χ0n) is 10.7. The third-order valence-corrected chi connectivity index (χ3v) is 2.74. The van der Waals surface area contributed by atoms with Gasteiger partial charge in [0.05, 0.1) is 6.07 Å². The van der Waals surface area contributed by atoms with E-state index in [1.54, 1.807) is 0 Å². The average Bonchev–Trinajstić information content (AvgIpc) is 2.24. The largest absolute Gasteiger partial charge is 0.325 e. The van der Waals surface area contributed by atoms with Crippen LogP contribution in [-0.4, -0.2) is 5.91 Å². The van der Waals surface area contributed by atoms with Gasteiger partial charge in [-0.15, -0.1) is 0 Å². The average molecular weight is 230 g/mol. The van der Waals surface area contributed by atoms with Gasteiger partial charge in [-0.3, -0.25) is 4.79 Å². The number of nitriles is 1. The van der Waals surface area contributed by atoms with Gasteiger partial charge in [-0.05, 0) is 37.0 Å². The summed E-state index contributed by atoms with van der Waals surface area (Å²) in [6.07, 6.45) is 0. The highest BCUT2D eigenvalue weighted by Gasteiger charge is 2.21. The molecule has 1 atom stereocenters. The van der Waals surface area contributed by atoms with E-state index in [0.717, 1.165) is 16.8 Å². The molecule has 0 saturated carbocycles. The number of benzene rings is 1. The summed E-state index contributed by atoms with van der Waals surface area (Å²) in [5, 5.41) is 11.8. The maximum absolute atomic E-state index is 11.9. The molecule has 3 nitrogen and oxygen atoms in total. The topological polar surface area (TPSA) is 52.9 Å². The highest BCUT2D eigenvalue weighted by molar-refractivity contribution is 5.95. The molecule has 1 unspecified atom stereocenters. The molecule has 0 heterocycles. The second kappa shape index (κ2) is 5.49. The van der Waals surface area contributed by atoms with E-state index in [1.807, 2.05) is 52.0 Å². The lowest BCUT2D eigenvalue weighted by Crippen LogP contribution is -2.26. The molecule has 0 aliphatic heterocycles. The fourth-order valence-electron chi connectivity index (χ4n) is 1.59. The molecule has 0 bridgehead atoms. The minimum atomic E-state index is -0.602. The summed E-state index contributed by atoms with van der Waals surface area (Å²) in [7, 11) is 0. The number of rotatable bonds is 3. The van der Waals surface area contributed by atoms with Gasteiger partial charge in [0.15, 0.2) is 0 Å². The number of carbonyl (C=O) groups is 1. The maximum Gasteiger partial charge on any atom is 0.241 e. The van der Waals surface area contributed by atoms with Crippen LogP contribution in [0.3, 0.4) is 0 Å². The van der Waals surface area contributed by atoms with Gasteiger partial charge in [0.25, 0.3) is 0 Å². The van der Waals surface area contributed by atoms with Crippen molar-refractivity contribution in [1.29, 1.82) is 5.26 Å². The van der Waals surface area contributed by atoms with E-state index < -0.39 is 5.92 Å². The molecule has 1 aromatic carbocycles. The van der Waals surface area contributed by atoms with Crippen LogP contribution in [0.25, 0.3) is 0 Å². The van der Waals surface area contributed by atoms with Crippen LogP contribution in [0, 0.1) is 37.0 Å². The fourth-order valence-corrected chi connectivity index (χ4v) is 1.59. The lowest BCUT2D eigenvalue weighted by atomic mass is 9.96. The second-order valence-electron chi connectivity index (χ2n) is 4.66. The summed E-state index contributed by atoms with van der Waals surface area (Å²) in [5.74, 6) is -0.809. The quantitative estimate of drug-likeness (QED) is 0.867. The molecule has 17 heavy (non-hydrogen) atoms. The Labute approximate surface area is 102 Å². The van der Waals surface area contributed by atoms with Crippen molar-refractivity contribution < 1.29 is 4.79 Å². The minimum Gasteiger partial charge on any atom is -0.325 e. The second-order valence-corrected chi connectivity index (χ2v) is 4.66. The summed E-state index contributed by atoms with van der Waals surface area (Å²) >= 11 is 0. The molecule has 0 aliphatic rings. The van der Waals surface area contributed by atoms with Crippen LogP contribution in [-0.2, 0) is 4.79 Å². The zero-order valence-corrected chi connectivity index (χ0v) is 10.7. The Hall–Kier alpha value is -1.82. The molecule has 0 fully saturated rings. The van der Waals surface area contributed by atoms with Crippen LogP contribution in [0.5, 0.6) is 0 Å². The van der Waals surface area contributed by atoms with Crippen molar-refractivity contribution in [3.63, 3.8) is 0 Å². The van der Waals surface area contributed by atoms with E-state index in [2.05, 4.69) is 5.32 Å². The number of anilines is 1. The van der Waals surface area contributed by atoms with Gasteiger partial charge in [-0.1, -0.05) is 26.0 Å². The Morgan fingerprint density at radius 1 is 1.35 bits per heavy atom. The maximum atomic E-state index is 11.9. The molecule has 0 saturated heterocycles. The molecule has 1 aromatic rings. The van der Waals surface area contributed by atoms with Crippen molar-refractivity contribution in [2.24, 2.45) is 11.8 Å². The Bertz CT molecular complexity index is 458. The minimum absolute atomic E-state index is 0.0186. The van der Waals surface area contributed by atoms with Crippen LogP contribution < -0.4 is 5.32 Å². The number of hydrogen-bond acceptors (Lipinski definition) is 2. The van der Waals surface area contributed by atoms with Crippen molar-refractivity contribution in [1.82, 2.24) is 0 Å². The predicted molar refractivity (Wildman–Crippen MR) is 68.5 cm³/mol. The number of aryl methyl sites for hydroxylation is 2. The zero-order chi connectivity index (χ0) is 13.0. The molecular formula is C14H18N2O. The first-order chi connectivity index (χ1) is 7.95. The number of nitrogens with zero attached hydrogens (tertiary/aromatic N) is 1. The van der Waals surface area contributed by atoms with Crippen molar-refractivity contribution >= 4 is 11.6 Å². The predicted octanol–water partition coefficient (Wildman–Crippen LogP) is 3.04. The van der Waals surface area contributed by atoms with Gasteiger partial charge >= 0.3 is 0 Å². The first-order valence-corrected chi connectivity index (χ1v) is 5.73. The summed E-state index contributed by atoms with van der Waals surface area (Å²) in [4.78, 5) is 11.9. The van der Waals surface area contributed by atoms with Crippen LogP contribution in [0.4, 0.5) is 5.69 Å². The van der Waals surface area contributed by atoms with Crippen molar-refractivity contribution in [2.75, 3.05) is 5.32 Å². The molecule has 1 amide bonds. The van der Waals surface area contributed by atoms with Crippen LogP contribution in [0.15, 0.2) is 18.2 Å². The van der Waals surface area contributed by atoms with E-state index in [1.165, 1.54) is 0 Å². The monoisotopic (exact) mass is 230 g/mol. The number of hydrogen-bond donors (Lipinski definition) is 1. The summed E-state index contributed by atoms with van der Waals surface area (Å²) in [5.41, 5.74) is 2.88. The lowest BCUT2D eigenvalue weighted by molar-refractivity contribution is -0.119. The lowest BCUT2D eigenvalue weighted by Gasteiger charge is -2.14. The standard InChI is InChI=1S/C14H18N2O/c1-9(2)12(8-15)14(17)16-13-7-10(3)5-6-11(13)4/h5-7,9,12H,1-4H3,(H,16,17). The van der Waals surface area contributed by atoms with Gasteiger partial charge in [0.2, 0.25) is 5.91 Å². The molecule has 3 heteroatoms. The van der Waals surface area contributed by atoms with Gasteiger partial charge in [0, 0.05) is 5.69 Å². The third-order valence-electron chi connectivity index (χ3n) is 2.74. The van der Waals surface area contributed by atoms with Gasteiger partial charge in [-0.2, -0.15) is 5.26 Å². The molecule has 0 aliphatic carbocycles. The Kier molecular flexibility index (Phi) is 4.28. The summed E-state index contributed by atoms with van der Waals surface area (Å²) in [6.45, 7) is 7.65. The van der Waals surface area contributed by atoms with Crippen molar-refractivity contribution in [2.45, 2.75) is 27.7 Å². The SMILES string of the molecule is Cc1ccc(C)c(NC(=O)C(C#N)C(C)C)c1. The highest BCUT2D eigenvalue weighted by Crippen LogP contribution is 2.19. The Balaban J connectivity index is 2.88. The number of carbonyl (C=O) groups excluding carboxylic acids is 1. The Morgan fingerprint density at radius 2 is 2.00 bits per heavy atom. The normalized spacial score (nSPS) is 12.0. The van der Waals surface area contributed by atoms with E-state index >= 15 is 0 Å². The third kappa shape index (κ3) is 3.32. The van der Waals surface area contributed by atoms with Crippen LogP contribution in [0.1, 0.15) is 25.0 Å². The van der Waals surface area contributed by atoms with Gasteiger partial charge in [0.1, 0.15) is 5.92 Å². The van der Waals surface area contributed by atoms with Crippen molar-refractivity contribution in [3.05, 3.63) is 29.3 Å². The summed E-state index contributed by atoms with van der Waals surface area (Å²) in [6, 6.07) is 7.92. The van der Waals surface area contributed by atoms with Gasteiger partial charge < -0.3 is 5.32 Å². The number of amides is 1. The molecule has 0 radical (unpaired) electrons. The molecule has 0 aromatic heterocycles. The fraction of sp³-hybridized carbons (Fsp3) is 0.429. The van der Waals surface area contributed by atoms with E-state index in [0.29, 0.717) is 0 Å². The first kappa shape index (κ1) is 13.2. The highest BCUT2D eigenvalue weighted by atomic mass is 16.1.